The number of aromatic nitrogens is 2. The van der Waals surface area contributed by atoms with Crippen LogP contribution in [0.15, 0.2) is 41.5 Å². The van der Waals surface area contributed by atoms with E-state index in [4.69, 9.17) is 4.74 Å². The largest absolute Gasteiger partial charge is 0.376 e. The minimum atomic E-state index is -0.243. The van der Waals surface area contributed by atoms with Crippen LogP contribution >= 0.6 is 0 Å². The van der Waals surface area contributed by atoms with E-state index >= 15 is 0 Å². The molecule has 24 heavy (non-hydrogen) atoms. The van der Waals surface area contributed by atoms with Crippen LogP contribution in [0.5, 0.6) is 0 Å². The highest BCUT2D eigenvalue weighted by Gasteiger charge is 2.16. The van der Waals surface area contributed by atoms with Crippen LogP contribution in [-0.2, 0) is 16.1 Å². The topological polar surface area (TPSA) is 73.2 Å². The molecule has 1 N–H and O–H groups in total. The predicted octanol–water partition coefficient (Wildman–Crippen LogP) is 1.51. The minimum absolute atomic E-state index is 0.0350. The van der Waals surface area contributed by atoms with Crippen molar-refractivity contribution >= 4 is 5.91 Å². The molecule has 1 aromatic carbocycles. The molecule has 2 heterocycles. The van der Waals surface area contributed by atoms with Gasteiger partial charge in [0.05, 0.1) is 18.1 Å². The van der Waals surface area contributed by atoms with Gasteiger partial charge in [0.25, 0.3) is 5.56 Å². The molecule has 1 amide bonds. The van der Waals surface area contributed by atoms with Crippen molar-refractivity contribution in [2.24, 2.45) is 0 Å². The first-order valence-electron chi connectivity index (χ1n) is 8.13. The zero-order valence-corrected chi connectivity index (χ0v) is 13.7. The number of aryl methyl sites for hydroxylation is 1. The lowest BCUT2D eigenvalue weighted by Gasteiger charge is -2.11. The molecule has 0 spiro atoms. The normalized spacial score (nSPS) is 17.0. The van der Waals surface area contributed by atoms with Gasteiger partial charge in [-0.1, -0.05) is 29.8 Å². The molecule has 6 nitrogen and oxygen atoms in total. The van der Waals surface area contributed by atoms with Gasteiger partial charge in [-0.25, -0.2) is 4.98 Å². The van der Waals surface area contributed by atoms with Gasteiger partial charge >= 0.3 is 0 Å². The zero-order valence-electron chi connectivity index (χ0n) is 13.7. The van der Waals surface area contributed by atoms with Crippen LogP contribution in [0.1, 0.15) is 18.4 Å². The first kappa shape index (κ1) is 16.4. The highest BCUT2D eigenvalue weighted by molar-refractivity contribution is 5.75. The lowest BCUT2D eigenvalue weighted by atomic mass is 10.1. The van der Waals surface area contributed by atoms with Crippen molar-refractivity contribution in [2.45, 2.75) is 32.4 Å². The Hall–Kier alpha value is -2.47. The Morgan fingerprint density at radius 2 is 2.17 bits per heavy atom. The van der Waals surface area contributed by atoms with Gasteiger partial charge in [0.15, 0.2) is 0 Å². The molecule has 0 saturated carbocycles. The molecule has 0 aliphatic carbocycles. The van der Waals surface area contributed by atoms with Crippen LogP contribution in [0.4, 0.5) is 0 Å². The second kappa shape index (κ2) is 7.40. The minimum Gasteiger partial charge on any atom is -0.376 e. The van der Waals surface area contributed by atoms with Crippen molar-refractivity contribution in [2.75, 3.05) is 13.2 Å². The van der Waals surface area contributed by atoms with E-state index in [2.05, 4.69) is 10.3 Å². The van der Waals surface area contributed by atoms with Crippen LogP contribution in [0, 0.1) is 6.92 Å². The van der Waals surface area contributed by atoms with Crippen molar-refractivity contribution in [1.29, 1.82) is 0 Å². The third-order valence-electron chi connectivity index (χ3n) is 4.09. The Morgan fingerprint density at radius 1 is 1.38 bits per heavy atom. The molecule has 1 aromatic heterocycles. The van der Waals surface area contributed by atoms with Gasteiger partial charge in [0.2, 0.25) is 5.91 Å². The molecule has 1 saturated heterocycles. The van der Waals surface area contributed by atoms with Crippen LogP contribution in [0.25, 0.3) is 11.3 Å². The summed E-state index contributed by atoms with van der Waals surface area (Å²) in [6, 6.07) is 9.26. The number of rotatable bonds is 5. The summed E-state index contributed by atoms with van der Waals surface area (Å²) in [5, 5.41) is 2.80. The molecule has 126 valence electrons. The molecule has 1 atom stereocenters. The van der Waals surface area contributed by atoms with Gasteiger partial charge in [-0.2, -0.15) is 0 Å². The van der Waals surface area contributed by atoms with Crippen molar-refractivity contribution in [3.63, 3.8) is 0 Å². The Kier molecular flexibility index (Phi) is 5.05. The summed E-state index contributed by atoms with van der Waals surface area (Å²) in [4.78, 5) is 28.4. The van der Waals surface area contributed by atoms with E-state index in [1.165, 1.54) is 17.0 Å². The summed E-state index contributed by atoms with van der Waals surface area (Å²) in [6.07, 6.45) is 3.51. The van der Waals surface area contributed by atoms with Crippen molar-refractivity contribution in [1.82, 2.24) is 14.9 Å². The van der Waals surface area contributed by atoms with E-state index in [0.717, 1.165) is 30.6 Å². The lowest BCUT2D eigenvalue weighted by Crippen LogP contribution is -2.36. The van der Waals surface area contributed by atoms with Crippen LogP contribution in [0.2, 0.25) is 0 Å². The molecule has 1 unspecified atom stereocenters. The summed E-state index contributed by atoms with van der Waals surface area (Å²) >= 11 is 0. The summed E-state index contributed by atoms with van der Waals surface area (Å²) in [7, 11) is 0. The van der Waals surface area contributed by atoms with Gasteiger partial charge in [-0.15, -0.1) is 0 Å². The summed E-state index contributed by atoms with van der Waals surface area (Å²) in [6.45, 7) is 3.21. The Labute approximate surface area is 140 Å². The number of ether oxygens (including phenoxy) is 1. The van der Waals surface area contributed by atoms with E-state index in [0.29, 0.717) is 12.2 Å². The summed E-state index contributed by atoms with van der Waals surface area (Å²) in [5.74, 6) is -0.211. The smallest absolute Gasteiger partial charge is 0.254 e. The van der Waals surface area contributed by atoms with Crippen molar-refractivity contribution < 1.29 is 9.53 Å². The number of benzene rings is 1. The monoisotopic (exact) mass is 327 g/mol. The van der Waals surface area contributed by atoms with E-state index in [1.54, 1.807) is 0 Å². The molecule has 6 heteroatoms. The average Bonchev–Trinajstić information content (AvgIpc) is 3.09. The first-order valence-corrected chi connectivity index (χ1v) is 8.13. The molecule has 0 radical (unpaired) electrons. The third kappa shape index (κ3) is 4.08. The fourth-order valence-electron chi connectivity index (χ4n) is 2.67. The summed E-state index contributed by atoms with van der Waals surface area (Å²) < 4.78 is 6.76. The van der Waals surface area contributed by atoms with E-state index in [-0.39, 0.29) is 24.1 Å². The molecular weight excluding hydrogens is 306 g/mol. The Bertz CT molecular complexity index is 762. The molecule has 1 aliphatic heterocycles. The fraction of sp³-hybridized carbons (Fsp3) is 0.389. The second-order valence-electron chi connectivity index (χ2n) is 6.05. The zero-order chi connectivity index (χ0) is 16.9. The number of hydrogen-bond acceptors (Lipinski definition) is 4. The third-order valence-corrected chi connectivity index (χ3v) is 4.09. The van der Waals surface area contributed by atoms with E-state index in [1.807, 2.05) is 31.2 Å². The number of nitrogens with zero attached hydrogens (tertiary/aromatic N) is 2. The lowest BCUT2D eigenvalue weighted by molar-refractivity contribution is -0.122. The number of hydrogen-bond donors (Lipinski definition) is 1. The number of nitrogens with one attached hydrogen (secondary N) is 1. The first-order chi connectivity index (χ1) is 11.6. The quantitative estimate of drug-likeness (QED) is 0.903. The van der Waals surface area contributed by atoms with E-state index < -0.39 is 0 Å². The predicted molar refractivity (Wildman–Crippen MR) is 90.7 cm³/mol. The standard InChI is InChI=1S/C18H21N3O3/c1-13-4-6-14(7-5-13)16-9-18(23)21(12-20-16)11-17(22)19-10-15-3-2-8-24-15/h4-7,9,12,15H,2-3,8,10-11H2,1H3,(H,19,22). The second-order valence-corrected chi connectivity index (χ2v) is 6.05. The highest BCUT2D eigenvalue weighted by Crippen LogP contribution is 2.15. The molecule has 0 bridgehead atoms. The van der Waals surface area contributed by atoms with E-state index in [9.17, 15) is 9.59 Å². The number of carbonyl (C=O) groups excluding carboxylic acids is 1. The van der Waals surface area contributed by atoms with Gasteiger partial charge in [0, 0.05) is 24.8 Å². The Morgan fingerprint density at radius 3 is 2.83 bits per heavy atom. The van der Waals surface area contributed by atoms with Gasteiger partial charge < -0.3 is 10.1 Å². The maximum absolute atomic E-state index is 12.2. The summed E-state index contributed by atoms with van der Waals surface area (Å²) in [5.41, 5.74) is 2.39. The Balaban J connectivity index is 1.63. The number of carbonyl (C=O) groups is 1. The van der Waals surface area contributed by atoms with Crippen molar-refractivity contribution in [3.8, 4) is 11.3 Å². The van der Waals surface area contributed by atoms with Crippen molar-refractivity contribution in [3.05, 3.63) is 52.6 Å². The number of amides is 1. The molecule has 1 aliphatic rings. The van der Waals surface area contributed by atoms with Crippen LogP contribution in [-0.4, -0.2) is 34.7 Å². The SMILES string of the molecule is Cc1ccc(-c2cc(=O)n(CC(=O)NCC3CCCO3)cn2)cc1. The van der Waals surface area contributed by atoms with Gasteiger partial charge in [0.1, 0.15) is 6.54 Å². The molecule has 1 fully saturated rings. The van der Waals surface area contributed by atoms with Crippen LogP contribution in [0.3, 0.4) is 0 Å². The van der Waals surface area contributed by atoms with Gasteiger partial charge in [-0.3, -0.25) is 14.2 Å². The molecular formula is C18H21N3O3. The highest BCUT2D eigenvalue weighted by atomic mass is 16.5. The molecule has 3 rings (SSSR count). The maximum Gasteiger partial charge on any atom is 0.254 e. The fourth-order valence-corrected chi connectivity index (χ4v) is 2.67. The maximum atomic E-state index is 12.2. The average molecular weight is 327 g/mol. The molecule has 2 aromatic rings. The van der Waals surface area contributed by atoms with Gasteiger partial charge in [-0.05, 0) is 19.8 Å². The van der Waals surface area contributed by atoms with Crippen LogP contribution < -0.4 is 10.9 Å².